The molecule has 2 saturated heterocycles. The third-order valence-corrected chi connectivity index (χ3v) is 4.46. The van der Waals surface area contributed by atoms with Gasteiger partial charge >= 0.3 is 0 Å². The van der Waals surface area contributed by atoms with Crippen molar-refractivity contribution < 1.29 is 0 Å². The predicted molar refractivity (Wildman–Crippen MR) is 88.2 cm³/mol. The van der Waals surface area contributed by atoms with Gasteiger partial charge in [0.25, 0.3) is 0 Å². The minimum absolute atomic E-state index is 0.584. The first-order valence-electron chi connectivity index (χ1n) is 7.93. The number of likely N-dealkylation sites (tertiary alicyclic amines) is 2. The third-order valence-electron chi connectivity index (χ3n) is 4.46. The van der Waals surface area contributed by atoms with Crippen LogP contribution in [0.15, 0.2) is 40.3 Å². The minimum Gasteiger partial charge on any atom is -0.360 e. The Kier molecular flexibility index (Phi) is 4.23. The van der Waals surface area contributed by atoms with Gasteiger partial charge in [0.05, 0.1) is 5.69 Å². The Hall–Kier alpha value is -1.84. The summed E-state index contributed by atoms with van der Waals surface area (Å²) in [4.78, 5) is 14.3. The standard InChI is InChI=1S/C17H24N4/c1-14-10-11-16(20(14)2)19-17(21-12-6-7-13-21)18-15-8-4-3-5-9-15/h3-5,8-9,14H,6-7,10-13H2,1-2H3/b18-17-,19-16-. The fraction of sp³-hybridized carbons (Fsp3) is 0.529. The van der Waals surface area contributed by atoms with Crippen molar-refractivity contribution in [1.82, 2.24) is 9.80 Å². The number of hydrogen-bond donors (Lipinski definition) is 0. The van der Waals surface area contributed by atoms with E-state index in [1.54, 1.807) is 0 Å². The van der Waals surface area contributed by atoms with E-state index < -0.39 is 0 Å². The van der Waals surface area contributed by atoms with Crippen LogP contribution in [0.4, 0.5) is 5.69 Å². The lowest BCUT2D eigenvalue weighted by Gasteiger charge is -2.21. The van der Waals surface area contributed by atoms with Crippen molar-refractivity contribution in [2.75, 3.05) is 20.1 Å². The fourth-order valence-corrected chi connectivity index (χ4v) is 2.91. The van der Waals surface area contributed by atoms with Crippen molar-refractivity contribution in [2.45, 2.75) is 38.6 Å². The maximum Gasteiger partial charge on any atom is 0.227 e. The molecular weight excluding hydrogens is 260 g/mol. The molecule has 0 aliphatic carbocycles. The Labute approximate surface area is 127 Å². The highest BCUT2D eigenvalue weighted by Crippen LogP contribution is 2.20. The number of para-hydroxylation sites is 1. The Morgan fingerprint density at radius 2 is 1.86 bits per heavy atom. The number of aliphatic imine (C=N–C) groups is 2. The normalized spacial score (nSPS) is 25.1. The van der Waals surface area contributed by atoms with Crippen LogP contribution in [0.1, 0.15) is 32.6 Å². The van der Waals surface area contributed by atoms with E-state index in [1.807, 2.05) is 30.3 Å². The molecule has 2 fully saturated rings. The van der Waals surface area contributed by atoms with Crippen molar-refractivity contribution in [3.8, 4) is 0 Å². The number of rotatable bonds is 1. The molecule has 0 radical (unpaired) electrons. The van der Waals surface area contributed by atoms with Gasteiger partial charge < -0.3 is 9.80 Å². The van der Waals surface area contributed by atoms with Crippen molar-refractivity contribution in [1.29, 1.82) is 0 Å². The highest BCUT2D eigenvalue weighted by Gasteiger charge is 2.24. The first-order valence-corrected chi connectivity index (χ1v) is 7.93. The van der Waals surface area contributed by atoms with Crippen LogP contribution < -0.4 is 0 Å². The summed E-state index contributed by atoms with van der Waals surface area (Å²) in [5.41, 5.74) is 0.984. The van der Waals surface area contributed by atoms with E-state index in [1.165, 1.54) is 25.1 Å². The van der Waals surface area contributed by atoms with Crippen LogP contribution in [0.2, 0.25) is 0 Å². The monoisotopic (exact) mass is 284 g/mol. The van der Waals surface area contributed by atoms with Gasteiger partial charge in [-0.3, -0.25) is 0 Å². The van der Waals surface area contributed by atoms with E-state index in [4.69, 9.17) is 9.98 Å². The molecule has 0 bridgehead atoms. The maximum absolute atomic E-state index is 4.90. The van der Waals surface area contributed by atoms with Gasteiger partial charge in [-0.1, -0.05) is 18.2 Å². The molecule has 0 saturated carbocycles. The van der Waals surface area contributed by atoms with Crippen LogP contribution in [0.25, 0.3) is 0 Å². The van der Waals surface area contributed by atoms with Crippen LogP contribution in [0.5, 0.6) is 0 Å². The molecule has 0 spiro atoms. The summed E-state index contributed by atoms with van der Waals surface area (Å²) in [5.74, 6) is 2.05. The number of hydrogen-bond acceptors (Lipinski definition) is 1. The van der Waals surface area contributed by atoms with E-state index in [-0.39, 0.29) is 0 Å². The Morgan fingerprint density at radius 3 is 2.48 bits per heavy atom. The van der Waals surface area contributed by atoms with Gasteiger partial charge in [-0.05, 0) is 38.3 Å². The van der Waals surface area contributed by atoms with Crippen LogP contribution in [0, 0.1) is 0 Å². The molecule has 4 heteroatoms. The largest absolute Gasteiger partial charge is 0.360 e. The molecule has 112 valence electrons. The average Bonchev–Trinajstić information content (AvgIpc) is 3.13. The van der Waals surface area contributed by atoms with Gasteiger partial charge in [0.15, 0.2) is 0 Å². The maximum atomic E-state index is 4.90. The number of nitrogens with zero attached hydrogens (tertiary/aromatic N) is 4. The van der Waals surface area contributed by atoms with E-state index >= 15 is 0 Å². The molecule has 0 N–H and O–H groups in total. The van der Waals surface area contributed by atoms with E-state index in [9.17, 15) is 0 Å². The molecule has 3 rings (SSSR count). The lowest BCUT2D eigenvalue weighted by Crippen LogP contribution is -2.31. The molecule has 0 aromatic heterocycles. The zero-order valence-electron chi connectivity index (χ0n) is 13.0. The second kappa shape index (κ2) is 6.29. The van der Waals surface area contributed by atoms with Gasteiger partial charge in [-0.2, -0.15) is 4.99 Å². The highest BCUT2D eigenvalue weighted by atomic mass is 15.3. The van der Waals surface area contributed by atoms with Crippen LogP contribution >= 0.6 is 0 Å². The molecule has 1 aromatic carbocycles. The molecule has 2 aliphatic heterocycles. The predicted octanol–water partition coefficient (Wildman–Crippen LogP) is 3.28. The van der Waals surface area contributed by atoms with Gasteiger partial charge in [-0.25, -0.2) is 4.99 Å². The van der Waals surface area contributed by atoms with Crippen molar-refractivity contribution in [3.63, 3.8) is 0 Å². The van der Waals surface area contributed by atoms with E-state index in [0.717, 1.165) is 31.2 Å². The summed E-state index contributed by atoms with van der Waals surface area (Å²) in [7, 11) is 2.14. The summed E-state index contributed by atoms with van der Waals surface area (Å²) >= 11 is 0. The molecule has 1 unspecified atom stereocenters. The summed E-state index contributed by atoms with van der Waals surface area (Å²) in [6.45, 7) is 4.40. The molecule has 0 amide bonds. The molecule has 1 aromatic rings. The average molecular weight is 284 g/mol. The van der Waals surface area contributed by atoms with Gasteiger partial charge in [-0.15, -0.1) is 0 Å². The highest BCUT2D eigenvalue weighted by molar-refractivity contribution is 5.97. The van der Waals surface area contributed by atoms with Crippen molar-refractivity contribution in [3.05, 3.63) is 30.3 Å². The second-order valence-corrected chi connectivity index (χ2v) is 5.97. The SMILES string of the molecule is CC1CC/C(=N/C(=N/c2ccccc2)N2CCCC2)N1C. The van der Waals surface area contributed by atoms with Gasteiger partial charge in [0.2, 0.25) is 5.96 Å². The fourth-order valence-electron chi connectivity index (χ4n) is 2.91. The molecule has 4 nitrogen and oxygen atoms in total. The quantitative estimate of drug-likeness (QED) is 0.585. The van der Waals surface area contributed by atoms with Crippen LogP contribution in [0.3, 0.4) is 0 Å². The van der Waals surface area contributed by atoms with E-state index in [2.05, 4.69) is 23.8 Å². The lowest BCUT2D eigenvalue weighted by molar-refractivity contribution is 0.422. The van der Waals surface area contributed by atoms with Gasteiger partial charge in [0, 0.05) is 32.6 Å². The Balaban J connectivity index is 1.90. The molecule has 1 atom stereocenters. The molecule has 2 heterocycles. The lowest BCUT2D eigenvalue weighted by atomic mass is 10.2. The number of guanidine groups is 1. The smallest absolute Gasteiger partial charge is 0.227 e. The molecule has 21 heavy (non-hydrogen) atoms. The zero-order valence-corrected chi connectivity index (χ0v) is 13.0. The van der Waals surface area contributed by atoms with Crippen molar-refractivity contribution >= 4 is 17.5 Å². The minimum atomic E-state index is 0.584. The van der Waals surface area contributed by atoms with Crippen LogP contribution in [-0.4, -0.2) is 47.8 Å². The number of amidine groups is 1. The summed E-state index contributed by atoms with van der Waals surface area (Å²) < 4.78 is 0. The second-order valence-electron chi connectivity index (χ2n) is 5.97. The summed E-state index contributed by atoms with van der Waals surface area (Å²) in [6, 6.07) is 10.7. The Morgan fingerprint density at radius 1 is 1.14 bits per heavy atom. The molecule has 2 aliphatic rings. The third kappa shape index (κ3) is 3.26. The number of benzene rings is 1. The first kappa shape index (κ1) is 14.1. The molecular formula is C17H24N4. The summed E-state index contributed by atoms with van der Waals surface area (Å²) in [6.07, 6.45) is 4.73. The van der Waals surface area contributed by atoms with Crippen molar-refractivity contribution in [2.24, 2.45) is 9.98 Å². The van der Waals surface area contributed by atoms with Crippen LogP contribution in [-0.2, 0) is 0 Å². The van der Waals surface area contributed by atoms with E-state index in [0.29, 0.717) is 6.04 Å². The first-order chi connectivity index (χ1) is 10.2. The Bertz CT molecular complexity index is 529. The summed E-state index contributed by atoms with van der Waals surface area (Å²) in [5, 5.41) is 0. The zero-order chi connectivity index (χ0) is 14.7. The topological polar surface area (TPSA) is 31.2 Å². The van der Waals surface area contributed by atoms with Gasteiger partial charge in [0.1, 0.15) is 5.84 Å².